The molecule has 0 amide bonds. The third kappa shape index (κ3) is 3.28. The number of allylic oxidation sites excluding steroid dienone is 2. The van der Waals surface area contributed by atoms with Crippen LogP contribution in [0.5, 0.6) is 17.2 Å². The molecule has 0 N–H and O–H groups in total. The highest BCUT2D eigenvalue weighted by atomic mass is 16.5. The summed E-state index contributed by atoms with van der Waals surface area (Å²) in [6.07, 6.45) is 6.37. The fraction of sp³-hybridized carbons (Fsp3) is 0.300. The summed E-state index contributed by atoms with van der Waals surface area (Å²) >= 11 is 0. The number of benzene rings is 1. The molecule has 0 fully saturated rings. The highest BCUT2D eigenvalue weighted by Gasteiger charge is 2.42. The summed E-state index contributed by atoms with van der Waals surface area (Å²) in [4.78, 5) is 23.8. The lowest BCUT2D eigenvalue weighted by atomic mass is 9.91. The lowest BCUT2D eigenvalue weighted by Crippen LogP contribution is -2.26. The Kier molecular flexibility index (Phi) is 4.94. The van der Waals surface area contributed by atoms with Crippen LogP contribution in [-0.2, 0) is 19.1 Å². The van der Waals surface area contributed by atoms with E-state index in [2.05, 4.69) is 0 Å². The van der Waals surface area contributed by atoms with Gasteiger partial charge in [0, 0.05) is 12.0 Å². The molecule has 0 saturated carbocycles. The molecule has 1 aromatic carbocycles. The van der Waals surface area contributed by atoms with E-state index < -0.39 is 11.6 Å². The fourth-order valence-corrected chi connectivity index (χ4v) is 3.12. The Morgan fingerprint density at radius 1 is 1.00 bits per heavy atom. The minimum absolute atomic E-state index is 0.134. The molecule has 0 aromatic heterocycles. The summed E-state index contributed by atoms with van der Waals surface area (Å²) in [5.74, 6) is 0.986. The Balaban J connectivity index is 2.12. The second kappa shape index (κ2) is 7.19. The van der Waals surface area contributed by atoms with Gasteiger partial charge in [0.05, 0.1) is 34.0 Å². The van der Waals surface area contributed by atoms with Crippen LogP contribution in [0, 0.1) is 0 Å². The number of ether oxygens (including phenoxy) is 5. The molecule has 0 radical (unpaired) electrons. The van der Waals surface area contributed by atoms with E-state index in [1.807, 2.05) is 0 Å². The molecule has 0 atom stereocenters. The van der Waals surface area contributed by atoms with Gasteiger partial charge in [0.2, 0.25) is 5.75 Å². The fourth-order valence-electron chi connectivity index (χ4n) is 3.12. The van der Waals surface area contributed by atoms with Gasteiger partial charge in [0.15, 0.2) is 22.9 Å². The maximum absolute atomic E-state index is 12.4. The lowest BCUT2D eigenvalue weighted by molar-refractivity contribution is -0.136. The monoisotopic (exact) mass is 372 g/mol. The molecule has 1 aliphatic carbocycles. The quantitative estimate of drug-likeness (QED) is 0.735. The molecule has 2 aliphatic rings. The van der Waals surface area contributed by atoms with E-state index in [0.717, 1.165) is 0 Å². The van der Waals surface area contributed by atoms with E-state index in [4.69, 9.17) is 23.7 Å². The zero-order valence-electron chi connectivity index (χ0n) is 15.5. The van der Waals surface area contributed by atoms with Crippen molar-refractivity contribution in [2.24, 2.45) is 0 Å². The number of carbonyl (C=O) groups excluding carboxylic acids is 2. The van der Waals surface area contributed by atoms with E-state index >= 15 is 0 Å². The third-order valence-electron chi connectivity index (χ3n) is 4.44. The first kappa shape index (κ1) is 18.6. The SMILES string of the molecule is COC(=O)C1=C(c2cc(OC)c(OC)c(OC)c2)OC2(C=CC(=O)C=C2)C1. The van der Waals surface area contributed by atoms with Crippen LogP contribution in [0.15, 0.2) is 42.0 Å². The Morgan fingerprint density at radius 2 is 1.59 bits per heavy atom. The van der Waals surface area contributed by atoms with Crippen LogP contribution in [0.2, 0.25) is 0 Å². The average molecular weight is 372 g/mol. The van der Waals surface area contributed by atoms with Crippen molar-refractivity contribution in [3.8, 4) is 17.2 Å². The minimum atomic E-state index is -0.910. The highest BCUT2D eigenvalue weighted by Crippen LogP contribution is 2.46. The first-order chi connectivity index (χ1) is 13.0. The van der Waals surface area contributed by atoms with Crippen molar-refractivity contribution in [1.29, 1.82) is 0 Å². The van der Waals surface area contributed by atoms with Crippen LogP contribution in [0.25, 0.3) is 5.76 Å². The van der Waals surface area contributed by atoms with Crippen LogP contribution in [0.3, 0.4) is 0 Å². The number of carbonyl (C=O) groups is 2. The molecule has 3 rings (SSSR count). The smallest absolute Gasteiger partial charge is 0.337 e. The van der Waals surface area contributed by atoms with Gasteiger partial charge in [0.25, 0.3) is 0 Å². The van der Waals surface area contributed by atoms with Crippen molar-refractivity contribution in [2.45, 2.75) is 12.0 Å². The third-order valence-corrected chi connectivity index (χ3v) is 4.44. The van der Waals surface area contributed by atoms with Gasteiger partial charge in [-0.1, -0.05) is 0 Å². The van der Waals surface area contributed by atoms with Gasteiger partial charge < -0.3 is 23.7 Å². The number of esters is 1. The molecule has 1 aliphatic heterocycles. The van der Waals surface area contributed by atoms with Crippen LogP contribution in [0.4, 0.5) is 0 Å². The number of hydrogen-bond acceptors (Lipinski definition) is 7. The summed E-state index contributed by atoms with van der Waals surface area (Å²) in [6, 6.07) is 3.39. The largest absolute Gasteiger partial charge is 0.493 e. The Morgan fingerprint density at radius 3 is 2.07 bits per heavy atom. The number of rotatable bonds is 5. The standard InChI is InChI=1S/C20H20O7/c1-23-15-9-12(10-16(24-2)18(15)25-3)17-14(19(22)26-4)11-20(27-17)7-5-13(21)6-8-20/h5-10H,11H2,1-4H3. The van der Waals surface area contributed by atoms with E-state index in [9.17, 15) is 9.59 Å². The minimum Gasteiger partial charge on any atom is -0.493 e. The first-order valence-electron chi connectivity index (χ1n) is 8.20. The maximum atomic E-state index is 12.4. The molecule has 142 valence electrons. The molecule has 1 spiro atoms. The average Bonchev–Trinajstić information content (AvgIpc) is 3.08. The Hall–Kier alpha value is -3.22. The van der Waals surface area contributed by atoms with Gasteiger partial charge in [-0.3, -0.25) is 4.79 Å². The van der Waals surface area contributed by atoms with Gasteiger partial charge in [-0.2, -0.15) is 0 Å². The van der Waals surface area contributed by atoms with E-state index in [1.165, 1.54) is 40.6 Å². The van der Waals surface area contributed by atoms with Gasteiger partial charge in [-0.15, -0.1) is 0 Å². The molecule has 0 bridgehead atoms. The molecule has 7 nitrogen and oxygen atoms in total. The molecule has 7 heteroatoms. The van der Waals surface area contributed by atoms with E-state index in [1.54, 1.807) is 24.3 Å². The lowest BCUT2D eigenvalue weighted by Gasteiger charge is -2.24. The van der Waals surface area contributed by atoms with Crippen LogP contribution in [-0.4, -0.2) is 45.8 Å². The Labute approximate surface area is 156 Å². The summed E-state index contributed by atoms with van der Waals surface area (Å²) in [5.41, 5.74) is 0.0172. The molecule has 1 heterocycles. The molecular weight excluding hydrogens is 352 g/mol. The number of hydrogen-bond donors (Lipinski definition) is 0. The molecule has 1 aromatic rings. The van der Waals surface area contributed by atoms with Gasteiger partial charge in [0.1, 0.15) is 5.76 Å². The summed E-state index contributed by atoms with van der Waals surface area (Å²) in [6.45, 7) is 0. The van der Waals surface area contributed by atoms with Crippen molar-refractivity contribution < 1.29 is 33.3 Å². The van der Waals surface area contributed by atoms with Crippen LogP contribution in [0.1, 0.15) is 12.0 Å². The van der Waals surface area contributed by atoms with Gasteiger partial charge in [-0.25, -0.2) is 4.79 Å². The molecule has 0 saturated heterocycles. The second-order valence-corrected chi connectivity index (χ2v) is 6.02. The highest BCUT2D eigenvalue weighted by molar-refractivity contribution is 6.02. The summed E-state index contributed by atoms with van der Waals surface area (Å²) < 4.78 is 27.1. The number of ketones is 1. The predicted octanol–water partition coefficient (Wildman–Crippen LogP) is 2.45. The molecule has 0 unspecified atom stereocenters. The van der Waals surface area contributed by atoms with Gasteiger partial charge in [-0.05, 0) is 36.4 Å². The predicted molar refractivity (Wildman–Crippen MR) is 96.8 cm³/mol. The topological polar surface area (TPSA) is 80.3 Å². The van der Waals surface area contributed by atoms with Crippen molar-refractivity contribution in [1.82, 2.24) is 0 Å². The first-order valence-corrected chi connectivity index (χ1v) is 8.20. The van der Waals surface area contributed by atoms with Crippen molar-refractivity contribution in [3.63, 3.8) is 0 Å². The maximum Gasteiger partial charge on any atom is 0.337 e. The van der Waals surface area contributed by atoms with Crippen molar-refractivity contribution >= 4 is 17.5 Å². The van der Waals surface area contributed by atoms with Crippen LogP contribution < -0.4 is 14.2 Å². The summed E-state index contributed by atoms with van der Waals surface area (Å²) in [7, 11) is 5.83. The normalized spacial score (nSPS) is 17.1. The van der Waals surface area contributed by atoms with Crippen molar-refractivity contribution in [3.05, 3.63) is 47.6 Å². The van der Waals surface area contributed by atoms with E-state index in [0.29, 0.717) is 34.1 Å². The van der Waals surface area contributed by atoms with Crippen LogP contribution >= 0.6 is 0 Å². The van der Waals surface area contributed by atoms with Crippen molar-refractivity contribution in [2.75, 3.05) is 28.4 Å². The molecule has 27 heavy (non-hydrogen) atoms. The zero-order valence-corrected chi connectivity index (χ0v) is 15.5. The van der Waals surface area contributed by atoms with Gasteiger partial charge >= 0.3 is 5.97 Å². The summed E-state index contributed by atoms with van der Waals surface area (Å²) in [5, 5.41) is 0. The Bertz CT molecular complexity index is 835. The second-order valence-electron chi connectivity index (χ2n) is 6.02. The van der Waals surface area contributed by atoms with E-state index in [-0.39, 0.29) is 12.2 Å². The number of methoxy groups -OCH3 is 4. The molecular formula is C20H20O7. The zero-order chi connectivity index (χ0) is 19.6.